The summed E-state index contributed by atoms with van der Waals surface area (Å²) in [6.07, 6.45) is 0. The SMILES string of the molecule is CCSc1nc2n(n1)C(c1cc(Br)c(OCc3ccccc3F)c(OC)c1)C(C(=O)OCc1ccccc1)=C(C)N2. The zero-order chi connectivity index (χ0) is 28.9. The van der Waals surface area contributed by atoms with Crippen molar-refractivity contribution in [1.82, 2.24) is 14.8 Å². The number of ether oxygens (including phenoxy) is 3. The average molecular weight is 640 g/mol. The molecule has 3 aromatic carbocycles. The number of methoxy groups -OCH3 is 1. The van der Waals surface area contributed by atoms with Crippen molar-refractivity contribution in [3.05, 3.63) is 105 Å². The number of allylic oxidation sites excluding steroid dienone is 1. The highest BCUT2D eigenvalue weighted by molar-refractivity contribution is 9.10. The van der Waals surface area contributed by atoms with Crippen LogP contribution in [0.15, 0.2) is 87.6 Å². The molecule has 4 aromatic rings. The van der Waals surface area contributed by atoms with Crippen molar-refractivity contribution < 1.29 is 23.4 Å². The number of nitrogens with one attached hydrogen (secondary N) is 1. The Hall–Kier alpha value is -3.83. The third-order valence-corrected chi connectivity index (χ3v) is 7.75. The second-order valence-electron chi connectivity index (χ2n) is 9.14. The lowest BCUT2D eigenvalue weighted by Crippen LogP contribution is -2.29. The van der Waals surface area contributed by atoms with Gasteiger partial charge in [-0.2, -0.15) is 4.98 Å². The number of hydrogen-bond acceptors (Lipinski definition) is 8. The highest BCUT2D eigenvalue weighted by Gasteiger charge is 2.36. The number of hydrogen-bond donors (Lipinski definition) is 1. The van der Waals surface area contributed by atoms with Gasteiger partial charge in [0.25, 0.3) is 0 Å². The molecule has 1 aromatic heterocycles. The Morgan fingerprint density at radius 3 is 2.61 bits per heavy atom. The highest BCUT2D eigenvalue weighted by Crippen LogP contribution is 2.43. The molecule has 1 aliphatic rings. The third-order valence-electron chi connectivity index (χ3n) is 6.44. The molecule has 2 heterocycles. The number of esters is 1. The maximum atomic E-state index is 14.2. The molecule has 1 atom stereocenters. The molecule has 0 aliphatic carbocycles. The standard InChI is InChI=1S/C30H28BrFN4O4S/c1-4-41-30-34-29-33-18(2)25(28(37)40-16-19-10-6-5-7-11-19)26(36(29)35-30)21-14-22(31)27(24(15-21)38-3)39-17-20-12-8-9-13-23(20)32/h5-15,26H,4,16-17H2,1-3H3,(H,33,34,35). The Labute approximate surface area is 250 Å². The summed E-state index contributed by atoms with van der Waals surface area (Å²) >= 11 is 5.11. The van der Waals surface area contributed by atoms with Crippen molar-refractivity contribution >= 4 is 39.6 Å². The molecule has 0 amide bonds. The minimum Gasteiger partial charge on any atom is -0.493 e. The molecule has 0 radical (unpaired) electrons. The summed E-state index contributed by atoms with van der Waals surface area (Å²) in [5, 5.41) is 8.52. The van der Waals surface area contributed by atoms with E-state index in [0.717, 1.165) is 11.3 Å². The number of carbonyl (C=O) groups excluding carboxylic acids is 1. The van der Waals surface area contributed by atoms with E-state index in [-0.39, 0.29) is 19.0 Å². The lowest BCUT2D eigenvalue weighted by Gasteiger charge is -2.29. The van der Waals surface area contributed by atoms with Crippen molar-refractivity contribution in [2.45, 2.75) is 38.3 Å². The second kappa shape index (κ2) is 12.8. The van der Waals surface area contributed by atoms with Crippen molar-refractivity contribution in [3.8, 4) is 11.5 Å². The molecule has 0 fully saturated rings. The molecule has 11 heteroatoms. The highest BCUT2D eigenvalue weighted by atomic mass is 79.9. The van der Waals surface area contributed by atoms with E-state index in [2.05, 4.69) is 26.2 Å². The Kier molecular flexibility index (Phi) is 8.94. The quantitative estimate of drug-likeness (QED) is 0.148. The van der Waals surface area contributed by atoms with Crippen LogP contribution in [0.4, 0.5) is 10.3 Å². The summed E-state index contributed by atoms with van der Waals surface area (Å²) in [6, 6.07) is 18.9. The predicted octanol–water partition coefficient (Wildman–Crippen LogP) is 6.91. The topological polar surface area (TPSA) is 87.5 Å². The van der Waals surface area contributed by atoms with Gasteiger partial charge in [-0.3, -0.25) is 0 Å². The number of anilines is 1. The molecular weight excluding hydrogens is 611 g/mol. The molecule has 0 saturated heterocycles. The molecule has 1 N–H and O–H groups in total. The minimum absolute atomic E-state index is 0.00915. The molecule has 0 spiro atoms. The predicted molar refractivity (Wildman–Crippen MR) is 159 cm³/mol. The van der Waals surface area contributed by atoms with Crippen LogP contribution in [0.25, 0.3) is 0 Å². The van der Waals surface area contributed by atoms with Crippen LogP contribution in [-0.2, 0) is 22.7 Å². The number of carbonyl (C=O) groups is 1. The van der Waals surface area contributed by atoms with Crippen molar-refractivity contribution in [2.24, 2.45) is 0 Å². The number of aromatic nitrogens is 3. The molecule has 41 heavy (non-hydrogen) atoms. The number of halogens is 2. The smallest absolute Gasteiger partial charge is 0.338 e. The van der Waals surface area contributed by atoms with Gasteiger partial charge in [0.05, 0.1) is 17.2 Å². The number of rotatable bonds is 10. The van der Waals surface area contributed by atoms with Gasteiger partial charge in [0, 0.05) is 11.3 Å². The Morgan fingerprint density at radius 1 is 1.12 bits per heavy atom. The summed E-state index contributed by atoms with van der Waals surface area (Å²) in [5.74, 6) is 1.28. The lowest BCUT2D eigenvalue weighted by atomic mass is 9.95. The Morgan fingerprint density at radius 2 is 1.88 bits per heavy atom. The van der Waals surface area contributed by atoms with E-state index in [1.54, 1.807) is 28.9 Å². The first-order valence-electron chi connectivity index (χ1n) is 12.9. The van der Waals surface area contributed by atoms with Crippen LogP contribution in [0.3, 0.4) is 0 Å². The van der Waals surface area contributed by atoms with E-state index in [4.69, 9.17) is 19.3 Å². The van der Waals surface area contributed by atoms with Gasteiger partial charge in [-0.15, -0.1) is 5.10 Å². The molecule has 5 rings (SSSR count). The van der Waals surface area contributed by atoms with Gasteiger partial charge < -0.3 is 19.5 Å². The van der Waals surface area contributed by atoms with Crippen molar-refractivity contribution in [1.29, 1.82) is 0 Å². The summed E-state index contributed by atoms with van der Waals surface area (Å²) in [6.45, 7) is 3.97. The van der Waals surface area contributed by atoms with Crippen LogP contribution in [0, 0.1) is 5.82 Å². The summed E-state index contributed by atoms with van der Waals surface area (Å²) in [7, 11) is 1.52. The number of thioether (sulfide) groups is 1. The first-order chi connectivity index (χ1) is 19.9. The zero-order valence-corrected chi connectivity index (χ0v) is 25.1. The van der Waals surface area contributed by atoms with E-state index in [1.807, 2.05) is 50.2 Å². The molecule has 0 saturated carbocycles. The fourth-order valence-electron chi connectivity index (χ4n) is 4.50. The van der Waals surface area contributed by atoms with Gasteiger partial charge in [0.15, 0.2) is 11.5 Å². The molecular formula is C30H28BrFN4O4S. The van der Waals surface area contributed by atoms with Crippen molar-refractivity contribution in [3.63, 3.8) is 0 Å². The summed E-state index contributed by atoms with van der Waals surface area (Å²) < 4.78 is 33.9. The normalized spacial score (nSPS) is 14.3. The average Bonchev–Trinajstić information content (AvgIpc) is 3.37. The zero-order valence-electron chi connectivity index (χ0n) is 22.7. The molecule has 1 unspecified atom stereocenters. The minimum atomic E-state index is -0.668. The number of fused-ring (bicyclic) bond motifs is 1. The van der Waals surface area contributed by atoms with Crippen LogP contribution in [-0.4, -0.2) is 33.6 Å². The first-order valence-corrected chi connectivity index (χ1v) is 14.7. The number of nitrogens with zero attached hydrogens (tertiary/aromatic N) is 3. The van der Waals surface area contributed by atoms with E-state index in [1.165, 1.54) is 24.9 Å². The van der Waals surface area contributed by atoms with E-state index >= 15 is 0 Å². The van der Waals surface area contributed by atoms with Gasteiger partial charge >= 0.3 is 5.97 Å². The Bertz CT molecular complexity index is 1590. The van der Waals surface area contributed by atoms with Crippen LogP contribution >= 0.6 is 27.7 Å². The van der Waals surface area contributed by atoms with Crippen LogP contribution in [0.5, 0.6) is 11.5 Å². The first kappa shape index (κ1) is 28.7. The van der Waals surface area contributed by atoms with Gasteiger partial charge in [-0.1, -0.05) is 67.2 Å². The number of benzene rings is 3. The second-order valence-corrected chi connectivity index (χ2v) is 11.2. The van der Waals surface area contributed by atoms with Crippen LogP contribution < -0.4 is 14.8 Å². The fraction of sp³-hybridized carbons (Fsp3) is 0.233. The Balaban J connectivity index is 1.52. The lowest BCUT2D eigenvalue weighted by molar-refractivity contribution is -0.140. The molecule has 8 nitrogen and oxygen atoms in total. The van der Waals surface area contributed by atoms with Crippen LogP contribution in [0.1, 0.15) is 36.6 Å². The van der Waals surface area contributed by atoms with Crippen molar-refractivity contribution in [2.75, 3.05) is 18.2 Å². The van der Waals surface area contributed by atoms with Gasteiger partial charge in [-0.25, -0.2) is 13.9 Å². The fourth-order valence-corrected chi connectivity index (χ4v) is 5.63. The van der Waals surface area contributed by atoms with E-state index in [0.29, 0.717) is 49.5 Å². The largest absolute Gasteiger partial charge is 0.493 e. The maximum absolute atomic E-state index is 14.2. The molecule has 0 bridgehead atoms. The maximum Gasteiger partial charge on any atom is 0.338 e. The third kappa shape index (κ3) is 6.25. The summed E-state index contributed by atoms with van der Waals surface area (Å²) in [5.41, 5.74) is 2.98. The van der Waals surface area contributed by atoms with Gasteiger partial charge in [0.2, 0.25) is 11.1 Å². The van der Waals surface area contributed by atoms with Gasteiger partial charge in [0.1, 0.15) is 25.1 Å². The van der Waals surface area contributed by atoms with E-state index < -0.39 is 12.0 Å². The molecule has 1 aliphatic heterocycles. The van der Waals surface area contributed by atoms with Gasteiger partial charge in [-0.05, 0) is 57.9 Å². The van der Waals surface area contributed by atoms with Crippen LogP contribution in [0.2, 0.25) is 0 Å². The monoisotopic (exact) mass is 638 g/mol. The molecule has 212 valence electrons. The summed E-state index contributed by atoms with van der Waals surface area (Å²) in [4.78, 5) is 18.2. The van der Waals surface area contributed by atoms with E-state index in [9.17, 15) is 9.18 Å².